The molecule has 2 atom stereocenters. The molecule has 0 unspecified atom stereocenters. The molecule has 0 spiro atoms. The standard InChI is InChI=1S/C28H32N2O4S/c31-25(9-7-24-8-11-27(32)30(24)14-16-35-15-2-5-28(33)34)18-20-3-1-4-21(17-20)22-6-10-26-23(19-22)12-13-29-26/h1,3-4,6-7,9-10,12-13,17,19,24-25,29,31H,2,5,8,11,14-16,18H2,(H,33,34)/t24-,25+/m0/s1. The van der Waals surface area contributed by atoms with E-state index in [2.05, 4.69) is 41.4 Å². The van der Waals surface area contributed by atoms with E-state index in [0.29, 0.717) is 25.8 Å². The highest BCUT2D eigenvalue weighted by atomic mass is 32.2. The normalized spacial score (nSPS) is 17.0. The van der Waals surface area contributed by atoms with Gasteiger partial charge in [0.25, 0.3) is 0 Å². The van der Waals surface area contributed by atoms with Crippen LogP contribution in [0.15, 0.2) is 66.9 Å². The maximum absolute atomic E-state index is 12.3. The van der Waals surface area contributed by atoms with Crippen molar-refractivity contribution in [2.24, 2.45) is 0 Å². The summed E-state index contributed by atoms with van der Waals surface area (Å²) in [5.74, 6) is 0.951. The van der Waals surface area contributed by atoms with Gasteiger partial charge in [-0.1, -0.05) is 42.5 Å². The molecule has 0 saturated carbocycles. The van der Waals surface area contributed by atoms with Crippen LogP contribution >= 0.6 is 11.8 Å². The van der Waals surface area contributed by atoms with E-state index in [-0.39, 0.29) is 18.4 Å². The number of aliphatic hydroxyl groups is 1. The molecule has 184 valence electrons. The summed E-state index contributed by atoms with van der Waals surface area (Å²) >= 11 is 1.68. The Morgan fingerprint density at radius 2 is 2.03 bits per heavy atom. The largest absolute Gasteiger partial charge is 0.481 e. The minimum absolute atomic E-state index is 0.0104. The number of hydrogen-bond donors (Lipinski definition) is 3. The summed E-state index contributed by atoms with van der Waals surface area (Å²) in [6, 6.07) is 16.7. The fraction of sp³-hybridized carbons (Fsp3) is 0.357. The predicted octanol–water partition coefficient (Wildman–Crippen LogP) is 4.88. The molecule has 6 nitrogen and oxygen atoms in total. The molecule has 1 amide bonds. The van der Waals surface area contributed by atoms with E-state index in [9.17, 15) is 14.7 Å². The molecule has 3 aromatic rings. The van der Waals surface area contributed by atoms with Gasteiger partial charge in [0.05, 0.1) is 12.1 Å². The van der Waals surface area contributed by atoms with E-state index in [4.69, 9.17) is 5.11 Å². The summed E-state index contributed by atoms with van der Waals surface area (Å²) in [4.78, 5) is 28.0. The van der Waals surface area contributed by atoms with Gasteiger partial charge in [0.15, 0.2) is 0 Å². The van der Waals surface area contributed by atoms with Gasteiger partial charge in [0.1, 0.15) is 0 Å². The van der Waals surface area contributed by atoms with Crippen LogP contribution in [-0.4, -0.2) is 62.2 Å². The number of aromatic amines is 1. The van der Waals surface area contributed by atoms with Gasteiger partial charge in [-0.15, -0.1) is 0 Å². The lowest BCUT2D eigenvalue weighted by Gasteiger charge is -2.22. The molecule has 2 heterocycles. The molecule has 1 aromatic heterocycles. The SMILES string of the molecule is O=C(O)CCCSCCN1C(=O)CC[C@@H]1C=C[C@@H](O)Cc1cccc(-c2ccc3[nH]ccc3c2)c1. The number of thioether (sulfide) groups is 1. The Balaban J connectivity index is 1.30. The molecule has 0 bridgehead atoms. The van der Waals surface area contributed by atoms with E-state index < -0.39 is 12.1 Å². The van der Waals surface area contributed by atoms with Crippen LogP contribution in [0.3, 0.4) is 0 Å². The summed E-state index contributed by atoms with van der Waals surface area (Å²) < 4.78 is 0. The molecular formula is C28H32N2O4S. The van der Waals surface area contributed by atoms with Crippen molar-refractivity contribution in [3.63, 3.8) is 0 Å². The van der Waals surface area contributed by atoms with E-state index in [0.717, 1.165) is 40.1 Å². The minimum Gasteiger partial charge on any atom is -0.481 e. The third kappa shape index (κ3) is 6.99. The second-order valence-corrected chi connectivity index (χ2v) is 10.2. The number of likely N-dealkylation sites (tertiary alicyclic amines) is 1. The molecule has 1 saturated heterocycles. The first-order valence-corrected chi connectivity index (χ1v) is 13.3. The van der Waals surface area contributed by atoms with Crippen molar-refractivity contribution in [1.29, 1.82) is 0 Å². The average Bonchev–Trinajstić information content (AvgIpc) is 3.45. The first-order valence-electron chi connectivity index (χ1n) is 12.1. The number of nitrogens with one attached hydrogen (secondary N) is 1. The fourth-order valence-corrected chi connectivity index (χ4v) is 5.39. The number of rotatable bonds is 12. The molecular weight excluding hydrogens is 460 g/mol. The molecule has 3 N–H and O–H groups in total. The van der Waals surface area contributed by atoms with Gasteiger partial charge in [-0.2, -0.15) is 11.8 Å². The zero-order valence-corrected chi connectivity index (χ0v) is 20.5. The predicted molar refractivity (Wildman–Crippen MR) is 142 cm³/mol. The second kappa shape index (κ2) is 12.1. The van der Waals surface area contributed by atoms with Crippen LogP contribution in [-0.2, 0) is 16.0 Å². The van der Waals surface area contributed by atoms with Crippen LogP contribution in [0.1, 0.15) is 31.2 Å². The van der Waals surface area contributed by atoms with Gasteiger partial charge in [-0.3, -0.25) is 9.59 Å². The van der Waals surface area contributed by atoms with Crippen molar-refractivity contribution < 1.29 is 19.8 Å². The molecule has 7 heteroatoms. The smallest absolute Gasteiger partial charge is 0.303 e. The van der Waals surface area contributed by atoms with Crippen LogP contribution in [0.25, 0.3) is 22.0 Å². The quantitative estimate of drug-likeness (QED) is 0.247. The molecule has 1 aliphatic heterocycles. The van der Waals surface area contributed by atoms with Gasteiger partial charge in [0.2, 0.25) is 5.91 Å². The Morgan fingerprint density at radius 3 is 2.89 bits per heavy atom. The number of aliphatic hydroxyl groups excluding tert-OH is 1. The van der Waals surface area contributed by atoms with Gasteiger partial charge >= 0.3 is 5.97 Å². The van der Waals surface area contributed by atoms with Gasteiger partial charge in [-0.25, -0.2) is 0 Å². The van der Waals surface area contributed by atoms with Crippen LogP contribution < -0.4 is 0 Å². The van der Waals surface area contributed by atoms with Crippen molar-refractivity contribution in [3.05, 3.63) is 72.4 Å². The van der Waals surface area contributed by atoms with E-state index in [1.54, 1.807) is 11.8 Å². The number of fused-ring (bicyclic) bond motifs is 1. The summed E-state index contributed by atoms with van der Waals surface area (Å²) in [7, 11) is 0. The lowest BCUT2D eigenvalue weighted by Crippen LogP contribution is -2.34. The van der Waals surface area contributed by atoms with Crippen molar-refractivity contribution in [1.82, 2.24) is 9.88 Å². The highest BCUT2D eigenvalue weighted by Gasteiger charge is 2.28. The maximum Gasteiger partial charge on any atom is 0.303 e. The van der Waals surface area contributed by atoms with Crippen LogP contribution in [0, 0.1) is 0 Å². The van der Waals surface area contributed by atoms with Crippen LogP contribution in [0.5, 0.6) is 0 Å². The number of aliphatic carboxylic acids is 1. The van der Waals surface area contributed by atoms with Crippen LogP contribution in [0.4, 0.5) is 0 Å². The molecule has 35 heavy (non-hydrogen) atoms. The maximum atomic E-state index is 12.3. The molecule has 0 radical (unpaired) electrons. The van der Waals surface area contributed by atoms with Crippen molar-refractivity contribution in [2.45, 2.75) is 44.2 Å². The molecule has 4 rings (SSSR count). The van der Waals surface area contributed by atoms with E-state index >= 15 is 0 Å². The summed E-state index contributed by atoms with van der Waals surface area (Å²) in [6.07, 6.45) is 7.73. The topological polar surface area (TPSA) is 93.6 Å². The van der Waals surface area contributed by atoms with Crippen molar-refractivity contribution >= 4 is 34.5 Å². The molecule has 0 aliphatic carbocycles. The molecule has 2 aromatic carbocycles. The number of benzene rings is 2. The monoisotopic (exact) mass is 492 g/mol. The molecule has 1 aliphatic rings. The summed E-state index contributed by atoms with van der Waals surface area (Å²) in [5, 5.41) is 20.5. The fourth-order valence-electron chi connectivity index (χ4n) is 4.51. The summed E-state index contributed by atoms with van der Waals surface area (Å²) in [5.41, 5.74) is 4.44. The number of amides is 1. The Morgan fingerprint density at radius 1 is 1.17 bits per heavy atom. The lowest BCUT2D eigenvalue weighted by molar-refractivity contribution is -0.137. The minimum atomic E-state index is -0.769. The van der Waals surface area contributed by atoms with Gasteiger partial charge < -0.3 is 20.1 Å². The lowest BCUT2D eigenvalue weighted by atomic mass is 9.99. The Hall–Kier alpha value is -3.03. The van der Waals surface area contributed by atoms with E-state index in [1.807, 2.05) is 35.4 Å². The number of aromatic nitrogens is 1. The number of nitrogens with zero attached hydrogens (tertiary/aromatic N) is 1. The van der Waals surface area contributed by atoms with Crippen molar-refractivity contribution in [2.75, 3.05) is 18.1 Å². The van der Waals surface area contributed by atoms with Gasteiger partial charge in [0, 0.05) is 43.3 Å². The van der Waals surface area contributed by atoms with Crippen molar-refractivity contribution in [3.8, 4) is 11.1 Å². The highest BCUT2D eigenvalue weighted by Crippen LogP contribution is 2.25. The number of carbonyl (C=O) groups is 2. The van der Waals surface area contributed by atoms with Gasteiger partial charge in [-0.05, 0) is 58.9 Å². The first-order chi connectivity index (χ1) is 17.0. The average molecular weight is 493 g/mol. The number of H-pyrrole nitrogens is 1. The zero-order chi connectivity index (χ0) is 24.6. The number of carboxylic acids is 1. The third-order valence-corrected chi connectivity index (χ3v) is 7.39. The van der Waals surface area contributed by atoms with Crippen LogP contribution in [0.2, 0.25) is 0 Å². The Labute approximate surface area is 210 Å². The third-order valence-electron chi connectivity index (χ3n) is 6.34. The summed E-state index contributed by atoms with van der Waals surface area (Å²) in [6.45, 7) is 0.648. The Bertz CT molecular complexity index is 1190. The Kier molecular flexibility index (Phi) is 8.66. The second-order valence-electron chi connectivity index (χ2n) is 8.94. The number of carbonyl (C=O) groups excluding carboxylic acids is 1. The number of hydrogen-bond acceptors (Lipinski definition) is 4. The molecule has 1 fully saturated rings. The van der Waals surface area contributed by atoms with E-state index in [1.165, 1.54) is 5.39 Å². The highest BCUT2D eigenvalue weighted by molar-refractivity contribution is 7.99. The first kappa shape index (κ1) is 25.1. The zero-order valence-electron chi connectivity index (χ0n) is 19.7. The number of carboxylic acid groups (broad SMARTS) is 1.